The third kappa shape index (κ3) is 4.94. The van der Waals surface area contributed by atoms with Crippen molar-refractivity contribution in [2.75, 3.05) is 18.6 Å². The van der Waals surface area contributed by atoms with Crippen LogP contribution in [-0.2, 0) is 9.59 Å². The zero-order valence-corrected chi connectivity index (χ0v) is 22.3. The molecule has 0 bridgehead atoms. The summed E-state index contributed by atoms with van der Waals surface area (Å²) >= 11 is 6.24. The number of aliphatic hydroxyl groups is 1. The summed E-state index contributed by atoms with van der Waals surface area (Å²) in [6, 6.07) is 16.7. The molecule has 1 N–H and O–H groups in total. The number of Topliss-reactive ketones (excluding diaryl/α,β-unsaturated/α-hetero) is 1. The quantitative estimate of drug-likeness (QED) is 0.211. The first-order valence-electron chi connectivity index (χ1n) is 12.2. The van der Waals surface area contributed by atoms with Gasteiger partial charge in [0.15, 0.2) is 0 Å². The van der Waals surface area contributed by atoms with Gasteiger partial charge in [-0.3, -0.25) is 14.5 Å². The first-order chi connectivity index (χ1) is 17.7. The minimum Gasteiger partial charge on any atom is -0.507 e. The monoisotopic (exact) mass is 519 g/mol. The Hall–Kier alpha value is -3.77. The van der Waals surface area contributed by atoms with Gasteiger partial charge in [-0.05, 0) is 78.9 Å². The Morgan fingerprint density at radius 2 is 1.78 bits per heavy atom. The van der Waals surface area contributed by atoms with Crippen LogP contribution >= 0.6 is 11.6 Å². The molecule has 37 heavy (non-hydrogen) atoms. The largest absolute Gasteiger partial charge is 0.507 e. The number of anilines is 1. The number of benzene rings is 3. The molecule has 0 spiro atoms. The highest BCUT2D eigenvalue weighted by Gasteiger charge is 2.47. The number of nitrogens with zero attached hydrogens (tertiary/aromatic N) is 1. The van der Waals surface area contributed by atoms with Crippen molar-refractivity contribution in [1.29, 1.82) is 0 Å². The number of amides is 1. The Balaban J connectivity index is 1.96. The van der Waals surface area contributed by atoms with Gasteiger partial charge in [0.05, 0.1) is 25.3 Å². The highest BCUT2D eigenvalue weighted by atomic mass is 35.5. The van der Waals surface area contributed by atoms with Crippen LogP contribution in [-0.4, -0.2) is 30.5 Å². The Kier molecular flexibility index (Phi) is 7.60. The number of hydrogen-bond donors (Lipinski definition) is 1. The van der Waals surface area contributed by atoms with Gasteiger partial charge in [-0.15, -0.1) is 0 Å². The van der Waals surface area contributed by atoms with Gasteiger partial charge >= 0.3 is 0 Å². The van der Waals surface area contributed by atoms with Gasteiger partial charge in [-0.1, -0.05) is 43.6 Å². The van der Waals surface area contributed by atoms with Gasteiger partial charge < -0.3 is 14.6 Å². The molecule has 1 aliphatic heterocycles. The molecule has 1 saturated heterocycles. The molecular weight excluding hydrogens is 490 g/mol. The number of halogens is 1. The Morgan fingerprint density at radius 3 is 2.38 bits per heavy atom. The molecular formula is C30H30ClNO5. The zero-order chi connectivity index (χ0) is 26.9. The second-order valence-corrected chi connectivity index (χ2v) is 9.65. The number of aliphatic hydroxyl groups excluding tert-OH is 1. The van der Waals surface area contributed by atoms with Gasteiger partial charge in [0.25, 0.3) is 11.7 Å². The topological polar surface area (TPSA) is 76.1 Å². The molecule has 0 aromatic heterocycles. The van der Waals surface area contributed by atoms with E-state index in [0.29, 0.717) is 39.9 Å². The maximum Gasteiger partial charge on any atom is 0.300 e. The minimum absolute atomic E-state index is 0.0112. The Morgan fingerprint density at radius 1 is 1.08 bits per heavy atom. The number of aryl methyl sites for hydroxylation is 1. The van der Waals surface area contributed by atoms with Gasteiger partial charge in [0.1, 0.15) is 17.3 Å². The maximum absolute atomic E-state index is 13.5. The Labute approximate surface area is 222 Å². The van der Waals surface area contributed by atoms with Gasteiger partial charge in [0, 0.05) is 16.3 Å². The summed E-state index contributed by atoms with van der Waals surface area (Å²) in [6.45, 7) is 8.28. The van der Waals surface area contributed by atoms with E-state index in [0.717, 1.165) is 11.1 Å². The van der Waals surface area contributed by atoms with Crippen LogP contribution in [0, 0.1) is 6.92 Å². The number of carbonyl (C=O) groups excluding carboxylic acids is 2. The van der Waals surface area contributed by atoms with Crippen molar-refractivity contribution in [3.8, 4) is 11.5 Å². The highest BCUT2D eigenvalue weighted by Crippen LogP contribution is 2.44. The predicted molar refractivity (Wildman–Crippen MR) is 146 cm³/mol. The lowest BCUT2D eigenvalue weighted by atomic mass is 9.91. The van der Waals surface area contributed by atoms with Crippen molar-refractivity contribution in [3.63, 3.8) is 0 Å². The average Bonchev–Trinajstić information content (AvgIpc) is 3.14. The zero-order valence-electron chi connectivity index (χ0n) is 21.5. The van der Waals surface area contributed by atoms with Crippen molar-refractivity contribution in [2.45, 2.75) is 39.7 Å². The van der Waals surface area contributed by atoms with E-state index in [2.05, 4.69) is 0 Å². The van der Waals surface area contributed by atoms with E-state index in [9.17, 15) is 14.7 Å². The SMILES string of the molecule is CCOc1ccc(C2/C(=C(\O)c3cc(C(C)C)c(OC)cc3C)C(=O)C(=O)N2c2cccc(Cl)c2)cc1. The summed E-state index contributed by atoms with van der Waals surface area (Å²) in [6.07, 6.45) is 0. The summed E-state index contributed by atoms with van der Waals surface area (Å²) in [5.41, 5.74) is 3.21. The average molecular weight is 520 g/mol. The summed E-state index contributed by atoms with van der Waals surface area (Å²) in [7, 11) is 1.60. The molecule has 192 valence electrons. The van der Waals surface area contributed by atoms with Crippen molar-refractivity contribution in [2.24, 2.45) is 0 Å². The number of ketones is 1. The number of rotatable bonds is 7. The normalized spacial score (nSPS) is 16.9. The molecule has 1 unspecified atom stereocenters. The lowest BCUT2D eigenvalue weighted by molar-refractivity contribution is -0.132. The molecule has 3 aromatic rings. The van der Waals surface area contributed by atoms with Crippen molar-refractivity contribution < 1.29 is 24.2 Å². The molecule has 1 amide bonds. The van der Waals surface area contributed by atoms with Crippen LogP contribution in [0.15, 0.2) is 66.2 Å². The molecule has 0 radical (unpaired) electrons. The third-order valence-corrected chi connectivity index (χ3v) is 6.73. The fraction of sp³-hybridized carbons (Fsp3) is 0.267. The number of carbonyl (C=O) groups is 2. The van der Waals surface area contributed by atoms with Crippen LogP contribution in [0.25, 0.3) is 5.76 Å². The van der Waals surface area contributed by atoms with Gasteiger partial charge in [0.2, 0.25) is 0 Å². The first-order valence-corrected chi connectivity index (χ1v) is 12.5. The van der Waals surface area contributed by atoms with E-state index in [-0.39, 0.29) is 17.3 Å². The molecule has 4 rings (SSSR count). The van der Waals surface area contributed by atoms with E-state index in [1.807, 2.05) is 39.8 Å². The molecule has 1 atom stereocenters. The summed E-state index contributed by atoms with van der Waals surface area (Å²) in [5.74, 6) is -0.262. The molecule has 3 aromatic carbocycles. The van der Waals surface area contributed by atoms with Crippen LogP contribution in [0.1, 0.15) is 55.0 Å². The van der Waals surface area contributed by atoms with Crippen molar-refractivity contribution in [1.82, 2.24) is 0 Å². The van der Waals surface area contributed by atoms with E-state index in [4.69, 9.17) is 21.1 Å². The van der Waals surface area contributed by atoms with E-state index < -0.39 is 17.7 Å². The lowest BCUT2D eigenvalue weighted by Gasteiger charge is -2.26. The number of methoxy groups -OCH3 is 1. The van der Waals surface area contributed by atoms with E-state index in [1.165, 1.54) is 4.90 Å². The fourth-order valence-electron chi connectivity index (χ4n) is 4.68. The van der Waals surface area contributed by atoms with Gasteiger partial charge in [-0.2, -0.15) is 0 Å². The molecule has 7 heteroatoms. The molecule has 6 nitrogen and oxygen atoms in total. The van der Waals surface area contributed by atoms with Crippen LogP contribution in [0.5, 0.6) is 11.5 Å². The maximum atomic E-state index is 13.5. The van der Waals surface area contributed by atoms with E-state index in [1.54, 1.807) is 55.6 Å². The molecule has 0 aliphatic carbocycles. The molecule has 0 saturated carbocycles. The van der Waals surface area contributed by atoms with E-state index >= 15 is 0 Å². The Bertz CT molecular complexity index is 1380. The minimum atomic E-state index is -0.863. The van der Waals surface area contributed by atoms with Crippen molar-refractivity contribution >= 4 is 34.7 Å². The second-order valence-electron chi connectivity index (χ2n) is 9.21. The first kappa shape index (κ1) is 26.3. The van der Waals surface area contributed by atoms with Crippen LogP contribution in [0.2, 0.25) is 5.02 Å². The number of hydrogen-bond acceptors (Lipinski definition) is 5. The standard InChI is InChI=1S/C30H30ClNO5/c1-6-37-22-12-10-19(11-13-22)27-26(29(34)30(35)32(27)21-9-7-8-20(31)15-21)28(33)24-16-23(17(2)3)25(36-5)14-18(24)4/h7-17,27,33H,6H2,1-5H3/b28-26+. The summed E-state index contributed by atoms with van der Waals surface area (Å²) in [5, 5.41) is 12.1. The summed E-state index contributed by atoms with van der Waals surface area (Å²) in [4.78, 5) is 28.3. The third-order valence-electron chi connectivity index (χ3n) is 6.49. The van der Waals surface area contributed by atoms with Gasteiger partial charge in [-0.25, -0.2) is 0 Å². The number of ether oxygens (including phenoxy) is 2. The fourth-order valence-corrected chi connectivity index (χ4v) is 4.86. The van der Waals surface area contributed by atoms with Crippen LogP contribution in [0.3, 0.4) is 0 Å². The molecule has 1 fully saturated rings. The van der Waals surface area contributed by atoms with Crippen LogP contribution in [0.4, 0.5) is 5.69 Å². The molecule has 1 aliphatic rings. The predicted octanol–water partition coefficient (Wildman–Crippen LogP) is 6.81. The van der Waals surface area contributed by atoms with Crippen LogP contribution < -0.4 is 14.4 Å². The lowest BCUT2D eigenvalue weighted by Crippen LogP contribution is -2.29. The second kappa shape index (κ2) is 10.7. The van der Waals surface area contributed by atoms with Crippen molar-refractivity contribution in [3.05, 3.63) is 93.5 Å². The highest BCUT2D eigenvalue weighted by molar-refractivity contribution is 6.51. The smallest absolute Gasteiger partial charge is 0.300 e. The summed E-state index contributed by atoms with van der Waals surface area (Å²) < 4.78 is 11.1. The molecule has 1 heterocycles.